The number of para-hydroxylation sites is 1. The number of benzene rings is 1. The molecule has 0 aromatic heterocycles. The molecule has 6 nitrogen and oxygen atoms in total. The molecular weight excluding hydrogens is 270 g/mol. The van der Waals surface area contributed by atoms with Crippen LogP contribution in [0.3, 0.4) is 0 Å². The number of carbonyl (C=O) groups is 3. The lowest BCUT2D eigenvalue weighted by Crippen LogP contribution is -2.49. The number of Topliss-reactive ketones (excluding diaryl/α,β-unsaturated/α-hetero) is 1. The third-order valence-corrected chi connectivity index (χ3v) is 3.47. The first kappa shape index (κ1) is 15.2. The lowest BCUT2D eigenvalue weighted by molar-refractivity contribution is -0.128. The van der Waals surface area contributed by atoms with Crippen molar-refractivity contribution >= 4 is 23.3 Å². The van der Waals surface area contributed by atoms with Crippen molar-refractivity contribution in [3.63, 3.8) is 0 Å². The van der Waals surface area contributed by atoms with Gasteiger partial charge in [0, 0.05) is 33.1 Å². The van der Waals surface area contributed by atoms with Crippen LogP contribution >= 0.6 is 0 Å². The van der Waals surface area contributed by atoms with Gasteiger partial charge in [-0.25, -0.2) is 0 Å². The Bertz CT molecular complexity index is 563. The second-order valence-electron chi connectivity index (χ2n) is 5.15. The monoisotopic (exact) mass is 289 g/mol. The summed E-state index contributed by atoms with van der Waals surface area (Å²) >= 11 is 0. The van der Waals surface area contributed by atoms with Crippen LogP contribution < -0.4 is 5.32 Å². The predicted octanol–water partition coefficient (Wildman–Crippen LogP) is 0.602. The summed E-state index contributed by atoms with van der Waals surface area (Å²) in [5.41, 5.74) is 0.606. The second kappa shape index (κ2) is 6.49. The highest BCUT2D eigenvalue weighted by atomic mass is 16.2. The lowest BCUT2D eigenvalue weighted by Gasteiger charge is -2.32. The van der Waals surface area contributed by atoms with E-state index in [0.717, 1.165) is 13.1 Å². The predicted molar refractivity (Wildman–Crippen MR) is 79.2 cm³/mol. The van der Waals surface area contributed by atoms with E-state index in [-0.39, 0.29) is 11.5 Å². The van der Waals surface area contributed by atoms with Gasteiger partial charge >= 0.3 is 0 Å². The van der Waals surface area contributed by atoms with Crippen molar-refractivity contribution in [3.05, 3.63) is 29.8 Å². The first-order chi connectivity index (χ1) is 9.99. The fourth-order valence-electron chi connectivity index (χ4n) is 2.25. The van der Waals surface area contributed by atoms with Gasteiger partial charge in [0.1, 0.15) is 0 Å². The Labute approximate surface area is 123 Å². The van der Waals surface area contributed by atoms with E-state index in [1.807, 2.05) is 7.05 Å². The van der Waals surface area contributed by atoms with Gasteiger partial charge in [0.15, 0.2) is 0 Å². The highest BCUT2D eigenvalue weighted by molar-refractivity contribution is 6.44. The van der Waals surface area contributed by atoms with Crippen molar-refractivity contribution in [2.45, 2.75) is 6.92 Å². The maximum absolute atomic E-state index is 12.4. The van der Waals surface area contributed by atoms with E-state index in [1.54, 1.807) is 29.2 Å². The summed E-state index contributed by atoms with van der Waals surface area (Å²) in [6.07, 6.45) is 0. The smallest absolute Gasteiger partial charge is 0.295 e. The standard InChI is InChI=1S/C15H19N3O3/c1-11(19)16-13-6-4-3-5-12(13)14(20)15(21)18-9-7-17(2)8-10-18/h3-6H,7-10H2,1-2H3,(H,16,19). The molecule has 0 radical (unpaired) electrons. The van der Waals surface area contributed by atoms with E-state index in [1.165, 1.54) is 6.92 Å². The highest BCUT2D eigenvalue weighted by Crippen LogP contribution is 2.17. The Morgan fingerprint density at radius 3 is 2.29 bits per heavy atom. The molecule has 2 amide bonds. The molecule has 1 fully saturated rings. The number of carbonyl (C=O) groups excluding carboxylic acids is 3. The molecule has 21 heavy (non-hydrogen) atoms. The van der Waals surface area contributed by atoms with Gasteiger partial charge in [-0.15, -0.1) is 0 Å². The molecule has 0 saturated carbocycles. The number of amides is 2. The molecular formula is C15H19N3O3. The number of hydrogen-bond donors (Lipinski definition) is 1. The van der Waals surface area contributed by atoms with E-state index in [9.17, 15) is 14.4 Å². The number of nitrogens with zero attached hydrogens (tertiary/aromatic N) is 2. The van der Waals surface area contributed by atoms with Crippen LogP contribution in [0, 0.1) is 0 Å². The van der Waals surface area contributed by atoms with Gasteiger partial charge in [0.2, 0.25) is 5.91 Å². The third-order valence-electron chi connectivity index (χ3n) is 3.47. The average Bonchev–Trinajstić information content (AvgIpc) is 2.46. The van der Waals surface area contributed by atoms with Gasteiger partial charge < -0.3 is 15.1 Å². The van der Waals surface area contributed by atoms with Gasteiger partial charge in [0.05, 0.1) is 11.3 Å². The second-order valence-corrected chi connectivity index (χ2v) is 5.15. The summed E-state index contributed by atoms with van der Waals surface area (Å²) in [5.74, 6) is -1.37. The number of rotatable bonds is 3. The minimum absolute atomic E-state index is 0.233. The summed E-state index contributed by atoms with van der Waals surface area (Å²) in [6.45, 7) is 3.97. The summed E-state index contributed by atoms with van der Waals surface area (Å²) in [6, 6.07) is 6.56. The largest absolute Gasteiger partial charge is 0.333 e. The molecule has 0 bridgehead atoms. The molecule has 112 valence electrons. The Morgan fingerprint density at radius 1 is 1.05 bits per heavy atom. The fraction of sp³-hybridized carbons (Fsp3) is 0.400. The van der Waals surface area contributed by atoms with Crippen LogP contribution in [0.25, 0.3) is 0 Å². The normalized spacial score (nSPS) is 15.6. The first-order valence-corrected chi connectivity index (χ1v) is 6.88. The van der Waals surface area contributed by atoms with Crippen molar-refractivity contribution in [2.24, 2.45) is 0 Å². The Morgan fingerprint density at radius 2 is 1.67 bits per heavy atom. The number of hydrogen-bond acceptors (Lipinski definition) is 4. The number of anilines is 1. The summed E-state index contributed by atoms with van der Waals surface area (Å²) in [5, 5.41) is 2.58. The van der Waals surface area contributed by atoms with Gasteiger partial charge in [-0.3, -0.25) is 14.4 Å². The van der Waals surface area contributed by atoms with E-state index in [4.69, 9.17) is 0 Å². The molecule has 1 aliphatic rings. The Balaban J connectivity index is 2.16. The molecule has 1 heterocycles. The maximum atomic E-state index is 12.4. The lowest BCUT2D eigenvalue weighted by atomic mass is 10.1. The minimum atomic E-state index is -0.580. The topological polar surface area (TPSA) is 69.7 Å². The van der Waals surface area contributed by atoms with Crippen molar-refractivity contribution in [1.29, 1.82) is 0 Å². The van der Waals surface area contributed by atoms with Crippen molar-refractivity contribution in [3.8, 4) is 0 Å². The summed E-state index contributed by atoms with van der Waals surface area (Å²) in [4.78, 5) is 39.5. The van der Waals surface area contributed by atoms with Crippen molar-refractivity contribution < 1.29 is 14.4 Å². The van der Waals surface area contributed by atoms with Crippen LogP contribution in [0.4, 0.5) is 5.69 Å². The molecule has 2 rings (SSSR count). The maximum Gasteiger partial charge on any atom is 0.295 e. The summed E-state index contributed by atoms with van der Waals surface area (Å²) < 4.78 is 0. The molecule has 0 aliphatic carbocycles. The van der Waals surface area contributed by atoms with E-state index < -0.39 is 11.7 Å². The Kier molecular flexibility index (Phi) is 4.70. The van der Waals surface area contributed by atoms with E-state index >= 15 is 0 Å². The van der Waals surface area contributed by atoms with Gasteiger partial charge in [-0.2, -0.15) is 0 Å². The van der Waals surface area contributed by atoms with Crippen LogP contribution in [-0.2, 0) is 9.59 Å². The van der Waals surface area contributed by atoms with E-state index in [0.29, 0.717) is 18.8 Å². The van der Waals surface area contributed by atoms with E-state index in [2.05, 4.69) is 10.2 Å². The fourth-order valence-corrected chi connectivity index (χ4v) is 2.25. The van der Waals surface area contributed by atoms with Crippen LogP contribution in [0.2, 0.25) is 0 Å². The van der Waals surface area contributed by atoms with Crippen LogP contribution in [-0.4, -0.2) is 60.6 Å². The SMILES string of the molecule is CC(=O)Nc1ccccc1C(=O)C(=O)N1CCN(C)CC1. The highest BCUT2D eigenvalue weighted by Gasteiger charge is 2.27. The number of nitrogens with one attached hydrogen (secondary N) is 1. The molecule has 1 aromatic rings. The number of piperazine rings is 1. The molecule has 0 unspecified atom stereocenters. The number of likely N-dealkylation sites (N-methyl/N-ethyl adjacent to an activating group) is 1. The molecule has 1 saturated heterocycles. The van der Waals surface area contributed by atoms with Crippen LogP contribution in [0.1, 0.15) is 17.3 Å². The van der Waals surface area contributed by atoms with Crippen LogP contribution in [0.15, 0.2) is 24.3 Å². The molecule has 6 heteroatoms. The molecule has 1 aliphatic heterocycles. The third kappa shape index (κ3) is 3.66. The van der Waals surface area contributed by atoms with Gasteiger partial charge in [-0.05, 0) is 19.2 Å². The zero-order valence-corrected chi connectivity index (χ0v) is 12.3. The van der Waals surface area contributed by atoms with Crippen molar-refractivity contribution in [2.75, 3.05) is 38.5 Å². The molecule has 0 spiro atoms. The zero-order valence-electron chi connectivity index (χ0n) is 12.3. The molecule has 0 atom stereocenters. The minimum Gasteiger partial charge on any atom is -0.333 e. The molecule has 1 N–H and O–H groups in total. The first-order valence-electron chi connectivity index (χ1n) is 6.88. The summed E-state index contributed by atoms with van der Waals surface area (Å²) in [7, 11) is 1.98. The van der Waals surface area contributed by atoms with Gasteiger partial charge in [0.25, 0.3) is 11.7 Å². The number of ketones is 1. The van der Waals surface area contributed by atoms with Gasteiger partial charge in [-0.1, -0.05) is 12.1 Å². The van der Waals surface area contributed by atoms with Crippen LogP contribution in [0.5, 0.6) is 0 Å². The average molecular weight is 289 g/mol. The molecule has 1 aromatic carbocycles. The zero-order chi connectivity index (χ0) is 15.4. The van der Waals surface area contributed by atoms with Crippen molar-refractivity contribution in [1.82, 2.24) is 9.80 Å². The quantitative estimate of drug-likeness (QED) is 0.653. The Hall–Kier alpha value is -2.21.